The first-order valence-electron chi connectivity index (χ1n) is 8.57. The van der Waals surface area contributed by atoms with Crippen LogP contribution in [0, 0.1) is 0 Å². The van der Waals surface area contributed by atoms with Crippen molar-refractivity contribution < 1.29 is 14.6 Å². The van der Waals surface area contributed by atoms with E-state index in [9.17, 15) is 4.79 Å². The zero-order chi connectivity index (χ0) is 14.9. The van der Waals surface area contributed by atoms with Crippen LogP contribution in [0.25, 0.3) is 0 Å². The van der Waals surface area contributed by atoms with Gasteiger partial charge >= 0.3 is 5.97 Å². The van der Waals surface area contributed by atoms with E-state index in [1.54, 1.807) is 0 Å². The van der Waals surface area contributed by atoms with Crippen molar-refractivity contribution in [2.24, 2.45) is 0 Å². The highest BCUT2D eigenvalue weighted by Gasteiger charge is 1.96. The molecule has 0 unspecified atom stereocenters. The maximum atomic E-state index is 10.3. The second-order valence-electron chi connectivity index (χ2n) is 5.65. The Morgan fingerprint density at radius 2 is 1.20 bits per heavy atom. The third-order valence-electron chi connectivity index (χ3n) is 3.57. The zero-order valence-electron chi connectivity index (χ0n) is 13.4. The van der Waals surface area contributed by atoms with Crippen LogP contribution in [0.5, 0.6) is 0 Å². The van der Waals surface area contributed by atoms with Crippen LogP contribution in [0.2, 0.25) is 0 Å². The highest BCUT2D eigenvalue weighted by molar-refractivity contribution is 5.66. The average Bonchev–Trinajstić information content (AvgIpc) is 2.43. The normalized spacial score (nSPS) is 10.8. The van der Waals surface area contributed by atoms with Gasteiger partial charge in [-0.2, -0.15) is 0 Å². The lowest BCUT2D eigenvalue weighted by molar-refractivity contribution is -0.137. The van der Waals surface area contributed by atoms with E-state index < -0.39 is 5.97 Å². The molecule has 120 valence electrons. The number of carboxylic acids is 1. The van der Waals surface area contributed by atoms with Crippen LogP contribution in [0.4, 0.5) is 0 Å². The van der Waals surface area contributed by atoms with Crippen molar-refractivity contribution in [2.75, 3.05) is 13.2 Å². The minimum Gasteiger partial charge on any atom is -0.481 e. The quantitative estimate of drug-likeness (QED) is 0.398. The Balaban J connectivity index is 2.94. The first kappa shape index (κ1) is 19.4. The number of ether oxygens (including phenoxy) is 1. The Morgan fingerprint density at radius 1 is 0.750 bits per heavy atom. The maximum absolute atomic E-state index is 10.3. The van der Waals surface area contributed by atoms with Gasteiger partial charge in [-0.3, -0.25) is 4.79 Å². The highest BCUT2D eigenvalue weighted by Crippen LogP contribution is 2.10. The molecule has 0 bridgehead atoms. The molecule has 0 atom stereocenters. The number of carboxylic acid groups (broad SMARTS) is 1. The third kappa shape index (κ3) is 17.4. The van der Waals surface area contributed by atoms with Crippen molar-refractivity contribution in [1.29, 1.82) is 0 Å². The minimum atomic E-state index is -0.667. The molecular weight excluding hydrogens is 252 g/mol. The summed E-state index contributed by atoms with van der Waals surface area (Å²) in [7, 11) is 0. The summed E-state index contributed by atoms with van der Waals surface area (Å²) >= 11 is 0. The Morgan fingerprint density at radius 3 is 1.70 bits per heavy atom. The third-order valence-corrected chi connectivity index (χ3v) is 3.57. The Kier molecular flexibility index (Phi) is 16.0. The first-order valence-corrected chi connectivity index (χ1v) is 8.57. The molecule has 3 nitrogen and oxygen atoms in total. The van der Waals surface area contributed by atoms with E-state index in [0.717, 1.165) is 26.1 Å². The highest BCUT2D eigenvalue weighted by atomic mass is 16.5. The lowest BCUT2D eigenvalue weighted by atomic mass is 10.1. The van der Waals surface area contributed by atoms with Gasteiger partial charge in [0, 0.05) is 19.6 Å². The lowest BCUT2D eigenvalue weighted by Crippen LogP contribution is -1.97. The van der Waals surface area contributed by atoms with Gasteiger partial charge in [-0.25, -0.2) is 0 Å². The molecule has 1 N–H and O–H groups in total. The molecule has 0 saturated carbocycles. The molecule has 0 aliphatic carbocycles. The molecule has 0 rings (SSSR count). The van der Waals surface area contributed by atoms with Gasteiger partial charge in [-0.15, -0.1) is 0 Å². The van der Waals surface area contributed by atoms with Crippen molar-refractivity contribution in [1.82, 2.24) is 0 Å². The van der Waals surface area contributed by atoms with E-state index >= 15 is 0 Å². The second kappa shape index (κ2) is 16.5. The molecule has 0 aromatic heterocycles. The summed E-state index contributed by atoms with van der Waals surface area (Å²) in [6.07, 6.45) is 14.8. The number of hydrogen-bond acceptors (Lipinski definition) is 2. The summed E-state index contributed by atoms with van der Waals surface area (Å²) in [5, 5.41) is 8.51. The van der Waals surface area contributed by atoms with Crippen molar-refractivity contribution in [2.45, 2.75) is 90.4 Å². The van der Waals surface area contributed by atoms with Gasteiger partial charge in [0.15, 0.2) is 0 Å². The fourth-order valence-corrected chi connectivity index (χ4v) is 2.27. The Bertz CT molecular complexity index is 204. The van der Waals surface area contributed by atoms with Crippen LogP contribution < -0.4 is 0 Å². The molecule has 0 heterocycles. The number of carbonyl (C=O) groups is 1. The van der Waals surface area contributed by atoms with Crippen LogP contribution in [-0.4, -0.2) is 24.3 Å². The molecule has 0 aromatic carbocycles. The molecule has 20 heavy (non-hydrogen) atoms. The molecule has 0 radical (unpaired) electrons. The van der Waals surface area contributed by atoms with Gasteiger partial charge in [-0.1, -0.05) is 64.7 Å². The number of unbranched alkanes of at least 4 members (excludes halogenated alkanes) is 10. The first-order chi connectivity index (χ1) is 9.77. The SMILES string of the molecule is CCCCCCOCCCCCCCCCCC(=O)O. The Labute approximate surface area is 125 Å². The van der Waals surface area contributed by atoms with Crippen molar-refractivity contribution in [3.8, 4) is 0 Å². The standard InChI is InChI=1S/C17H34O3/c1-2-3-4-12-15-20-16-13-10-8-6-5-7-9-11-14-17(18)19/h2-16H2,1H3,(H,18,19). The molecule has 0 aliphatic heterocycles. The van der Waals surface area contributed by atoms with Crippen molar-refractivity contribution in [3.05, 3.63) is 0 Å². The fourth-order valence-electron chi connectivity index (χ4n) is 2.27. The minimum absolute atomic E-state index is 0.329. The summed E-state index contributed by atoms with van der Waals surface area (Å²) in [6.45, 7) is 4.08. The zero-order valence-corrected chi connectivity index (χ0v) is 13.4. The van der Waals surface area contributed by atoms with Gasteiger partial charge in [0.2, 0.25) is 0 Å². The van der Waals surface area contributed by atoms with Crippen LogP contribution in [0.3, 0.4) is 0 Å². The lowest BCUT2D eigenvalue weighted by Gasteiger charge is -2.04. The van der Waals surface area contributed by atoms with Gasteiger partial charge in [0.25, 0.3) is 0 Å². The van der Waals surface area contributed by atoms with Crippen molar-refractivity contribution >= 4 is 5.97 Å². The monoisotopic (exact) mass is 286 g/mol. The largest absolute Gasteiger partial charge is 0.481 e. The van der Waals surface area contributed by atoms with Gasteiger partial charge in [0.1, 0.15) is 0 Å². The fraction of sp³-hybridized carbons (Fsp3) is 0.941. The predicted molar refractivity (Wildman–Crippen MR) is 84.1 cm³/mol. The van der Waals surface area contributed by atoms with Crippen LogP contribution in [-0.2, 0) is 9.53 Å². The van der Waals surface area contributed by atoms with E-state index in [0.29, 0.717) is 6.42 Å². The molecular formula is C17H34O3. The molecule has 0 aromatic rings. The number of aliphatic carboxylic acids is 1. The molecule has 3 heteroatoms. The van der Waals surface area contributed by atoms with Gasteiger partial charge < -0.3 is 9.84 Å². The molecule has 0 spiro atoms. The molecule has 0 fully saturated rings. The molecule has 0 amide bonds. The summed E-state index contributed by atoms with van der Waals surface area (Å²) in [4.78, 5) is 10.3. The van der Waals surface area contributed by atoms with E-state index in [1.807, 2.05) is 0 Å². The predicted octanol–water partition coefficient (Wildman–Crippen LogP) is 5.18. The number of rotatable bonds is 16. The summed E-state index contributed by atoms with van der Waals surface area (Å²) < 4.78 is 5.61. The van der Waals surface area contributed by atoms with E-state index in [-0.39, 0.29) is 0 Å². The smallest absolute Gasteiger partial charge is 0.303 e. The van der Waals surface area contributed by atoms with Crippen LogP contribution >= 0.6 is 0 Å². The van der Waals surface area contributed by atoms with E-state index in [1.165, 1.54) is 64.2 Å². The second-order valence-corrected chi connectivity index (χ2v) is 5.65. The van der Waals surface area contributed by atoms with Gasteiger partial charge in [-0.05, 0) is 19.3 Å². The molecule has 0 saturated heterocycles. The summed E-state index contributed by atoms with van der Waals surface area (Å²) in [5.74, 6) is -0.667. The van der Waals surface area contributed by atoms with Crippen LogP contribution in [0.15, 0.2) is 0 Å². The van der Waals surface area contributed by atoms with Gasteiger partial charge in [0.05, 0.1) is 0 Å². The van der Waals surface area contributed by atoms with Crippen molar-refractivity contribution in [3.63, 3.8) is 0 Å². The Hall–Kier alpha value is -0.570. The molecule has 0 aliphatic rings. The average molecular weight is 286 g/mol. The van der Waals surface area contributed by atoms with E-state index in [4.69, 9.17) is 9.84 Å². The summed E-state index contributed by atoms with van der Waals surface area (Å²) in [6, 6.07) is 0. The maximum Gasteiger partial charge on any atom is 0.303 e. The van der Waals surface area contributed by atoms with Crippen LogP contribution in [0.1, 0.15) is 90.4 Å². The summed E-state index contributed by atoms with van der Waals surface area (Å²) in [5.41, 5.74) is 0. The number of hydrogen-bond donors (Lipinski definition) is 1. The topological polar surface area (TPSA) is 46.5 Å². The van der Waals surface area contributed by atoms with E-state index in [2.05, 4.69) is 6.92 Å².